The molecule has 0 radical (unpaired) electrons. The van der Waals surface area contributed by atoms with Crippen molar-refractivity contribution in [2.75, 3.05) is 42.7 Å². The molecule has 0 N–H and O–H groups in total. The van der Waals surface area contributed by atoms with Crippen molar-refractivity contribution in [1.29, 1.82) is 0 Å². The van der Waals surface area contributed by atoms with Gasteiger partial charge in [-0.2, -0.15) is 0 Å². The second kappa shape index (κ2) is 21.9. The van der Waals surface area contributed by atoms with Crippen molar-refractivity contribution < 1.29 is 46.7 Å². The van der Waals surface area contributed by atoms with Gasteiger partial charge >= 0.3 is 0 Å². The lowest BCUT2D eigenvalue weighted by molar-refractivity contribution is 0.197. The minimum Gasteiger partial charge on any atom is -0.496 e. The topological polar surface area (TPSA) is 92.3 Å². The fraction of sp³-hybridized carbons (Fsp3) is 0.448. The normalized spacial score (nSPS) is 13.2. The van der Waals surface area contributed by atoms with Gasteiger partial charge in [-0.15, -0.1) is 0 Å². The number of fused-ring (bicyclic) bond motifs is 2. The standard InChI is InChI=1S/C58H78O10Si2/c1-37(67-69(15,16)57(3,4)5)29-41-31-43-49(45(59-9)33-47(61-11)51(43)55(53(41)63-13)65-35-39-25-21-19-22-26-39)50-44-32-42(30-38(2)68-70(17,18)58(6,7)8)54(64-14)56(66-36-40-27-23-20-24-28-40)52(44)48(62-12)34-46(50)60-10/h19-28,31-34,37-38H,29-30,35-36H2,1-18H3/t37-,38-/m1/s1. The highest BCUT2D eigenvalue weighted by atomic mass is 28.4. The van der Waals surface area contributed by atoms with E-state index in [-0.39, 0.29) is 35.5 Å². The number of hydrogen-bond acceptors (Lipinski definition) is 10. The molecule has 0 aromatic heterocycles. The summed E-state index contributed by atoms with van der Waals surface area (Å²) in [6, 6.07) is 28.4. The van der Waals surface area contributed by atoms with Crippen molar-refractivity contribution in [1.82, 2.24) is 0 Å². The monoisotopic (exact) mass is 991 g/mol. The van der Waals surface area contributed by atoms with Crippen molar-refractivity contribution in [2.45, 2.75) is 130 Å². The van der Waals surface area contributed by atoms with Gasteiger partial charge in [-0.05, 0) is 73.4 Å². The lowest BCUT2D eigenvalue weighted by Crippen LogP contribution is -2.43. The van der Waals surface area contributed by atoms with E-state index in [9.17, 15) is 0 Å². The molecule has 0 saturated carbocycles. The Morgan fingerprint density at radius 1 is 0.429 bits per heavy atom. The van der Waals surface area contributed by atoms with Crippen LogP contribution in [0.1, 0.15) is 77.6 Å². The minimum absolute atomic E-state index is 0.0123. The molecular formula is C58H78O10Si2. The van der Waals surface area contributed by atoms with Crippen molar-refractivity contribution in [3.63, 3.8) is 0 Å². The molecule has 0 amide bonds. The Bertz CT molecular complexity index is 2550. The van der Waals surface area contributed by atoms with Crippen LogP contribution in [0.15, 0.2) is 84.9 Å². The van der Waals surface area contributed by atoms with E-state index in [2.05, 4.69) is 118 Å². The molecule has 0 aliphatic rings. The number of benzene rings is 6. The first-order valence-corrected chi connectivity index (χ1v) is 30.1. The van der Waals surface area contributed by atoms with Crippen LogP contribution in [0, 0.1) is 0 Å². The van der Waals surface area contributed by atoms with E-state index in [1.807, 2.05) is 48.5 Å². The zero-order valence-electron chi connectivity index (χ0n) is 45.1. The molecule has 0 fully saturated rings. The fourth-order valence-corrected chi connectivity index (χ4v) is 11.7. The molecule has 378 valence electrons. The summed E-state index contributed by atoms with van der Waals surface area (Å²) in [4.78, 5) is 0. The first-order valence-electron chi connectivity index (χ1n) is 24.3. The van der Waals surface area contributed by atoms with Gasteiger partial charge in [0.1, 0.15) is 36.2 Å². The Hall–Kier alpha value is -5.41. The maximum absolute atomic E-state index is 7.02. The summed E-state index contributed by atoms with van der Waals surface area (Å²) < 4.78 is 66.2. The van der Waals surface area contributed by atoms with Crippen LogP contribution in [0.25, 0.3) is 32.7 Å². The summed E-state index contributed by atoms with van der Waals surface area (Å²) in [6.07, 6.45) is 0.767. The van der Waals surface area contributed by atoms with Crippen LogP contribution in [0.4, 0.5) is 0 Å². The Morgan fingerprint density at radius 3 is 1.04 bits per heavy atom. The minimum atomic E-state index is -2.17. The van der Waals surface area contributed by atoms with Gasteiger partial charge in [0, 0.05) is 70.2 Å². The quantitative estimate of drug-likeness (QED) is 0.0649. The van der Waals surface area contributed by atoms with E-state index in [0.717, 1.165) is 44.2 Å². The highest BCUT2D eigenvalue weighted by Crippen LogP contribution is 2.57. The molecule has 0 bridgehead atoms. The van der Waals surface area contributed by atoms with Crippen molar-refractivity contribution in [3.8, 4) is 57.1 Å². The summed E-state index contributed by atoms with van der Waals surface area (Å²) in [5, 5.41) is 3.06. The molecule has 0 spiro atoms. The first-order chi connectivity index (χ1) is 33.0. The molecule has 70 heavy (non-hydrogen) atoms. The fourth-order valence-electron chi connectivity index (χ4n) is 8.77. The summed E-state index contributed by atoms with van der Waals surface area (Å²) in [5.41, 5.74) is 5.33. The Kier molecular flexibility index (Phi) is 16.9. The smallest absolute Gasteiger partial charge is 0.192 e. The maximum Gasteiger partial charge on any atom is 0.192 e. The van der Waals surface area contributed by atoms with Crippen LogP contribution in [-0.4, -0.2) is 71.5 Å². The first kappa shape index (κ1) is 53.9. The lowest BCUT2D eigenvalue weighted by atomic mass is 9.88. The van der Waals surface area contributed by atoms with Crippen LogP contribution in [-0.2, 0) is 34.9 Å². The third-order valence-electron chi connectivity index (χ3n) is 14.3. The molecule has 6 rings (SSSR count). The van der Waals surface area contributed by atoms with Gasteiger partial charge in [-0.3, -0.25) is 0 Å². The third-order valence-corrected chi connectivity index (χ3v) is 23.5. The molecule has 0 heterocycles. The predicted molar refractivity (Wildman–Crippen MR) is 291 cm³/mol. The Morgan fingerprint density at radius 2 is 0.757 bits per heavy atom. The van der Waals surface area contributed by atoms with E-state index in [1.54, 1.807) is 42.7 Å². The lowest BCUT2D eigenvalue weighted by Gasteiger charge is -2.38. The Labute approximate surface area is 420 Å². The van der Waals surface area contributed by atoms with Gasteiger partial charge < -0.3 is 46.7 Å². The number of methoxy groups -OCH3 is 6. The molecule has 2 atom stereocenters. The van der Waals surface area contributed by atoms with Gasteiger partial charge in [0.15, 0.2) is 39.6 Å². The van der Waals surface area contributed by atoms with Crippen molar-refractivity contribution in [2.24, 2.45) is 0 Å². The van der Waals surface area contributed by atoms with E-state index in [1.165, 1.54) is 0 Å². The number of ether oxygens (including phenoxy) is 8. The SMILES string of the molecule is COc1cc(OC)c2c(OCc3ccccc3)c(OC)c(C[C@@H](C)O[Si](C)(C)C(C)(C)C)cc2c1-c1c(OC)cc(OC)c2c(OCc3ccccc3)c(OC)c(C[C@@H](C)O[Si](C)(C)C(C)(C)C)cc12. The van der Waals surface area contributed by atoms with Crippen molar-refractivity contribution >= 4 is 38.2 Å². The third kappa shape index (κ3) is 11.4. The highest BCUT2D eigenvalue weighted by Gasteiger charge is 2.40. The second-order valence-electron chi connectivity index (χ2n) is 21.3. The number of hydrogen-bond donors (Lipinski definition) is 0. The van der Waals surface area contributed by atoms with Crippen LogP contribution in [0.5, 0.6) is 46.0 Å². The molecule has 6 aromatic rings. The van der Waals surface area contributed by atoms with Gasteiger partial charge in [-0.1, -0.05) is 102 Å². The van der Waals surface area contributed by atoms with Gasteiger partial charge in [0.05, 0.1) is 53.4 Å². The summed E-state index contributed by atoms with van der Waals surface area (Å²) in [6.45, 7) is 27.5. The summed E-state index contributed by atoms with van der Waals surface area (Å²) >= 11 is 0. The van der Waals surface area contributed by atoms with Gasteiger partial charge in [0.2, 0.25) is 0 Å². The molecule has 0 unspecified atom stereocenters. The Balaban J connectivity index is 1.76. The molecular weight excluding hydrogens is 913 g/mol. The zero-order valence-corrected chi connectivity index (χ0v) is 47.1. The summed E-state index contributed by atoms with van der Waals surface area (Å²) in [5.74, 6) is 4.52. The van der Waals surface area contributed by atoms with Crippen LogP contribution in [0.2, 0.25) is 36.3 Å². The van der Waals surface area contributed by atoms with E-state index >= 15 is 0 Å². The predicted octanol–water partition coefficient (Wildman–Crippen LogP) is 14.8. The highest BCUT2D eigenvalue weighted by molar-refractivity contribution is 6.74. The van der Waals surface area contributed by atoms with Crippen LogP contribution in [0.3, 0.4) is 0 Å². The zero-order chi connectivity index (χ0) is 51.3. The van der Waals surface area contributed by atoms with Gasteiger partial charge in [0.25, 0.3) is 0 Å². The second-order valence-corrected chi connectivity index (χ2v) is 30.8. The molecule has 0 aliphatic heterocycles. The molecule has 6 aromatic carbocycles. The molecule has 0 aliphatic carbocycles. The van der Waals surface area contributed by atoms with Gasteiger partial charge in [-0.25, -0.2) is 0 Å². The largest absolute Gasteiger partial charge is 0.496 e. The number of rotatable bonds is 21. The maximum atomic E-state index is 7.02. The summed E-state index contributed by atoms with van der Waals surface area (Å²) in [7, 11) is 5.72. The van der Waals surface area contributed by atoms with E-state index in [0.29, 0.717) is 69.6 Å². The van der Waals surface area contributed by atoms with Crippen molar-refractivity contribution in [3.05, 3.63) is 107 Å². The van der Waals surface area contributed by atoms with E-state index < -0.39 is 16.6 Å². The average molecular weight is 991 g/mol. The molecule has 12 heteroatoms. The van der Waals surface area contributed by atoms with Crippen LogP contribution < -0.4 is 37.9 Å². The van der Waals surface area contributed by atoms with E-state index in [4.69, 9.17) is 46.7 Å². The average Bonchev–Trinajstić information content (AvgIpc) is 3.30. The molecule has 0 saturated heterocycles. The molecule has 10 nitrogen and oxygen atoms in total. The van der Waals surface area contributed by atoms with Crippen LogP contribution >= 0.6 is 0 Å².